The van der Waals surface area contributed by atoms with E-state index in [2.05, 4.69) is 4.98 Å². The lowest BCUT2D eigenvalue weighted by Crippen LogP contribution is -2.39. The molecule has 2 N–H and O–H groups in total. The highest BCUT2D eigenvalue weighted by atomic mass is 35.5. The Morgan fingerprint density at radius 1 is 1.35 bits per heavy atom. The molecule has 0 spiro atoms. The van der Waals surface area contributed by atoms with Gasteiger partial charge in [0.15, 0.2) is 6.73 Å². The normalized spacial score (nSPS) is 13.7. The van der Waals surface area contributed by atoms with Gasteiger partial charge in [-0.25, -0.2) is 0 Å². The van der Waals surface area contributed by atoms with Gasteiger partial charge < -0.3 is 19.7 Å². The van der Waals surface area contributed by atoms with Gasteiger partial charge >= 0.3 is 0 Å². The van der Waals surface area contributed by atoms with E-state index in [1.54, 1.807) is 6.92 Å². The average molecular weight is 335 g/mol. The van der Waals surface area contributed by atoms with E-state index in [4.69, 9.17) is 16.3 Å². The molecule has 1 aliphatic heterocycles. The molecule has 1 aromatic carbocycles. The molecular formula is C16H15ClN2O4. The van der Waals surface area contributed by atoms with Gasteiger partial charge in [0.05, 0.1) is 11.6 Å². The van der Waals surface area contributed by atoms with Gasteiger partial charge in [0.25, 0.3) is 11.5 Å². The topological polar surface area (TPSA) is 82.6 Å². The summed E-state index contributed by atoms with van der Waals surface area (Å²) in [5.74, 6) is -0.247. The summed E-state index contributed by atoms with van der Waals surface area (Å²) in [6.07, 6.45) is 0. The fourth-order valence-corrected chi connectivity index (χ4v) is 2.85. The van der Waals surface area contributed by atoms with Crippen molar-refractivity contribution in [2.75, 3.05) is 6.73 Å². The number of ether oxygens (including phenoxy) is 1. The Labute approximate surface area is 137 Å². The Balaban J connectivity index is 1.97. The lowest BCUT2D eigenvalue weighted by molar-refractivity contribution is 0.0496. The van der Waals surface area contributed by atoms with Gasteiger partial charge in [0, 0.05) is 11.3 Å². The highest BCUT2D eigenvalue weighted by Gasteiger charge is 2.30. The van der Waals surface area contributed by atoms with Crippen molar-refractivity contribution in [3.8, 4) is 11.5 Å². The minimum absolute atomic E-state index is 0.0136. The molecule has 23 heavy (non-hydrogen) atoms. The zero-order valence-corrected chi connectivity index (χ0v) is 13.4. The van der Waals surface area contributed by atoms with Crippen LogP contribution in [-0.2, 0) is 6.54 Å². The van der Waals surface area contributed by atoms with Crippen LogP contribution in [0.5, 0.6) is 11.5 Å². The van der Waals surface area contributed by atoms with Crippen molar-refractivity contribution in [3.05, 3.63) is 56.0 Å². The number of phenolic OH excluding ortho intramolecular Hbond substituents is 1. The van der Waals surface area contributed by atoms with Crippen LogP contribution >= 0.6 is 11.6 Å². The summed E-state index contributed by atoms with van der Waals surface area (Å²) < 4.78 is 5.52. The second-order valence-electron chi connectivity index (χ2n) is 5.49. The number of rotatable bonds is 2. The molecular weight excluding hydrogens is 320 g/mol. The van der Waals surface area contributed by atoms with E-state index in [1.165, 1.54) is 17.0 Å². The van der Waals surface area contributed by atoms with Crippen LogP contribution in [0.1, 0.15) is 27.2 Å². The van der Waals surface area contributed by atoms with Crippen molar-refractivity contribution in [1.29, 1.82) is 0 Å². The van der Waals surface area contributed by atoms with Crippen molar-refractivity contribution in [1.82, 2.24) is 9.88 Å². The summed E-state index contributed by atoms with van der Waals surface area (Å²) in [5, 5.41) is 9.63. The first kappa shape index (κ1) is 15.4. The predicted molar refractivity (Wildman–Crippen MR) is 85.0 cm³/mol. The van der Waals surface area contributed by atoms with Crippen LogP contribution in [0.25, 0.3) is 0 Å². The number of aryl methyl sites for hydroxylation is 2. The van der Waals surface area contributed by atoms with Gasteiger partial charge in [-0.3, -0.25) is 9.59 Å². The third kappa shape index (κ3) is 2.66. The number of nitrogens with one attached hydrogen (secondary N) is 1. The minimum atomic E-state index is -0.383. The first-order valence-electron chi connectivity index (χ1n) is 7.01. The number of pyridine rings is 1. The number of halogens is 1. The van der Waals surface area contributed by atoms with Gasteiger partial charge in [-0.1, -0.05) is 11.6 Å². The van der Waals surface area contributed by atoms with Gasteiger partial charge in [-0.15, -0.1) is 0 Å². The van der Waals surface area contributed by atoms with Gasteiger partial charge in [0.2, 0.25) is 0 Å². The van der Waals surface area contributed by atoms with Gasteiger partial charge in [-0.2, -0.15) is 0 Å². The van der Waals surface area contributed by atoms with Gasteiger partial charge in [-0.05, 0) is 37.6 Å². The molecule has 1 aliphatic rings. The van der Waals surface area contributed by atoms with Crippen LogP contribution in [0.3, 0.4) is 0 Å². The Morgan fingerprint density at radius 2 is 2.09 bits per heavy atom. The van der Waals surface area contributed by atoms with Crippen LogP contribution in [0.4, 0.5) is 0 Å². The SMILES string of the molecule is Cc1cc(C)c(CN2COc3ccc(O)c(Cl)c3C2=O)c(=O)[nH]1. The number of hydrogen-bond acceptors (Lipinski definition) is 4. The smallest absolute Gasteiger partial charge is 0.262 e. The van der Waals surface area contributed by atoms with Crippen molar-refractivity contribution in [2.24, 2.45) is 0 Å². The van der Waals surface area contributed by atoms with E-state index in [-0.39, 0.29) is 41.1 Å². The summed E-state index contributed by atoms with van der Waals surface area (Å²) in [4.78, 5) is 28.8. The van der Waals surface area contributed by atoms with E-state index >= 15 is 0 Å². The largest absolute Gasteiger partial charge is 0.506 e. The number of amides is 1. The number of aromatic hydroxyl groups is 1. The Hall–Kier alpha value is -2.47. The predicted octanol–water partition coefficient (Wildman–Crippen LogP) is 2.34. The molecule has 0 fully saturated rings. The van der Waals surface area contributed by atoms with Crippen molar-refractivity contribution in [2.45, 2.75) is 20.4 Å². The number of aromatic amines is 1. The number of carbonyl (C=O) groups excluding carboxylic acids is 1. The molecule has 0 bridgehead atoms. The first-order valence-corrected chi connectivity index (χ1v) is 7.39. The monoisotopic (exact) mass is 334 g/mol. The molecule has 0 radical (unpaired) electrons. The summed E-state index contributed by atoms with van der Waals surface area (Å²) in [7, 11) is 0. The molecule has 2 heterocycles. The molecule has 0 saturated carbocycles. The maximum atomic E-state index is 12.6. The van der Waals surface area contributed by atoms with Crippen molar-refractivity contribution >= 4 is 17.5 Å². The molecule has 0 unspecified atom stereocenters. The van der Waals surface area contributed by atoms with Crippen LogP contribution in [0.15, 0.2) is 23.0 Å². The van der Waals surface area contributed by atoms with E-state index < -0.39 is 0 Å². The summed E-state index contributed by atoms with van der Waals surface area (Å²) in [6, 6.07) is 4.72. The molecule has 7 heteroatoms. The molecule has 1 aromatic heterocycles. The maximum absolute atomic E-state index is 12.6. The van der Waals surface area contributed by atoms with Crippen molar-refractivity contribution in [3.63, 3.8) is 0 Å². The molecule has 1 amide bonds. The van der Waals surface area contributed by atoms with Crippen LogP contribution in [-0.4, -0.2) is 27.6 Å². The number of fused-ring (bicyclic) bond motifs is 1. The second-order valence-corrected chi connectivity index (χ2v) is 5.87. The third-order valence-electron chi connectivity index (χ3n) is 3.80. The summed E-state index contributed by atoms with van der Waals surface area (Å²) in [6.45, 7) is 3.73. The van der Waals surface area contributed by atoms with Crippen LogP contribution < -0.4 is 10.3 Å². The van der Waals surface area contributed by atoms with E-state index in [9.17, 15) is 14.7 Å². The quantitative estimate of drug-likeness (QED) is 0.883. The average Bonchev–Trinajstić information content (AvgIpc) is 2.48. The maximum Gasteiger partial charge on any atom is 0.262 e. The number of carbonyl (C=O) groups is 1. The number of aromatic nitrogens is 1. The molecule has 3 rings (SSSR count). The Morgan fingerprint density at radius 3 is 2.78 bits per heavy atom. The van der Waals surface area contributed by atoms with E-state index in [1.807, 2.05) is 13.0 Å². The Bertz CT molecular complexity index is 860. The molecule has 2 aromatic rings. The highest BCUT2D eigenvalue weighted by molar-refractivity contribution is 6.35. The molecule has 0 atom stereocenters. The zero-order valence-electron chi connectivity index (χ0n) is 12.6. The fourth-order valence-electron chi connectivity index (χ4n) is 2.62. The van der Waals surface area contributed by atoms with Crippen LogP contribution in [0, 0.1) is 13.8 Å². The Kier molecular flexibility index (Phi) is 3.77. The molecule has 120 valence electrons. The van der Waals surface area contributed by atoms with Crippen molar-refractivity contribution < 1.29 is 14.6 Å². The zero-order chi connectivity index (χ0) is 16.7. The molecule has 0 saturated heterocycles. The highest BCUT2D eigenvalue weighted by Crippen LogP contribution is 2.37. The number of nitrogens with zero attached hydrogens (tertiary/aromatic N) is 1. The number of H-pyrrole nitrogens is 1. The second kappa shape index (κ2) is 5.62. The molecule has 0 aliphatic carbocycles. The van der Waals surface area contributed by atoms with Gasteiger partial charge in [0.1, 0.15) is 17.1 Å². The van der Waals surface area contributed by atoms with Crippen LogP contribution in [0.2, 0.25) is 5.02 Å². The standard InChI is InChI=1S/C16H15ClN2O4/c1-8-5-9(2)18-15(21)10(8)6-19-7-23-12-4-3-11(20)14(17)13(12)16(19)22/h3-5,20H,6-7H2,1-2H3,(H,18,21). The molecule has 6 nitrogen and oxygen atoms in total. The summed E-state index contributed by atoms with van der Waals surface area (Å²) in [5.41, 5.74) is 1.93. The minimum Gasteiger partial charge on any atom is -0.506 e. The lowest BCUT2D eigenvalue weighted by Gasteiger charge is -2.29. The van der Waals surface area contributed by atoms with E-state index in [0.717, 1.165) is 11.3 Å². The van der Waals surface area contributed by atoms with E-state index in [0.29, 0.717) is 11.3 Å². The number of benzene rings is 1. The third-order valence-corrected chi connectivity index (χ3v) is 4.19. The first-order chi connectivity index (χ1) is 10.9. The lowest BCUT2D eigenvalue weighted by atomic mass is 10.1. The fraction of sp³-hybridized carbons (Fsp3) is 0.250. The number of phenols is 1. The summed E-state index contributed by atoms with van der Waals surface area (Å²) >= 11 is 6.01. The number of hydrogen-bond donors (Lipinski definition) is 2.